The molecule has 0 aliphatic carbocycles. The number of unbranched alkanes of at least 4 members (excludes halogenated alkanes) is 1. The van der Waals surface area contributed by atoms with Crippen LogP contribution in [0.25, 0.3) is 0 Å². The fourth-order valence-corrected chi connectivity index (χ4v) is 9.07. The predicted molar refractivity (Wildman–Crippen MR) is 159 cm³/mol. The molecule has 0 radical (unpaired) electrons. The molecule has 3 heterocycles. The van der Waals surface area contributed by atoms with Crippen molar-refractivity contribution in [3.8, 4) is 0 Å². The lowest BCUT2D eigenvalue weighted by atomic mass is 9.70. The molecule has 3 aliphatic rings. The highest BCUT2D eigenvalue weighted by Gasteiger charge is 2.73. The first-order valence-corrected chi connectivity index (χ1v) is 15.4. The van der Waals surface area contributed by atoms with E-state index < -0.39 is 22.6 Å². The molecule has 1 spiro atoms. The van der Waals surface area contributed by atoms with Gasteiger partial charge < -0.3 is 25.5 Å². The van der Waals surface area contributed by atoms with Gasteiger partial charge in [-0.05, 0) is 69.4 Å². The van der Waals surface area contributed by atoms with Crippen LogP contribution in [0.3, 0.4) is 0 Å². The highest BCUT2D eigenvalue weighted by molar-refractivity contribution is 8.02. The smallest absolute Gasteiger partial charge is 0.248 e. The summed E-state index contributed by atoms with van der Waals surface area (Å²) in [7, 11) is 0. The van der Waals surface area contributed by atoms with E-state index in [1.807, 2.05) is 54.6 Å². The molecule has 2 unspecified atom stereocenters. The van der Waals surface area contributed by atoms with Gasteiger partial charge in [-0.3, -0.25) is 14.4 Å². The Bertz CT molecular complexity index is 1210. The van der Waals surface area contributed by atoms with E-state index in [0.717, 1.165) is 37.2 Å². The molecule has 3 aliphatic heterocycles. The Morgan fingerprint density at radius 2 is 1.77 bits per heavy atom. The van der Waals surface area contributed by atoms with Gasteiger partial charge in [0, 0.05) is 49.4 Å². The summed E-state index contributed by atoms with van der Waals surface area (Å²) in [4.78, 5) is 45.4. The van der Waals surface area contributed by atoms with Gasteiger partial charge in [0.15, 0.2) is 0 Å². The van der Waals surface area contributed by atoms with Gasteiger partial charge in [-0.15, -0.1) is 11.8 Å². The molecule has 2 aromatic rings. The van der Waals surface area contributed by atoms with Crippen molar-refractivity contribution in [2.45, 2.75) is 62.1 Å². The molecule has 214 valence electrons. The maximum Gasteiger partial charge on any atom is 0.248 e. The van der Waals surface area contributed by atoms with Crippen molar-refractivity contribution in [1.82, 2.24) is 10.2 Å². The van der Waals surface area contributed by atoms with Crippen molar-refractivity contribution in [2.75, 3.05) is 36.5 Å². The molecule has 3 fully saturated rings. The van der Waals surface area contributed by atoms with Gasteiger partial charge in [0.2, 0.25) is 17.7 Å². The van der Waals surface area contributed by atoms with E-state index in [-0.39, 0.29) is 29.6 Å². The Balaban J connectivity index is 1.37. The highest BCUT2D eigenvalue weighted by Crippen LogP contribution is 2.66. The van der Waals surface area contributed by atoms with Crippen molar-refractivity contribution in [3.05, 3.63) is 60.2 Å². The van der Waals surface area contributed by atoms with Gasteiger partial charge in [0.25, 0.3) is 0 Å². The predicted octanol–water partition coefficient (Wildman–Crippen LogP) is 3.65. The first-order chi connectivity index (χ1) is 19.4. The molecule has 5 atom stereocenters. The summed E-state index contributed by atoms with van der Waals surface area (Å²) in [5.74, 6) is -1.40. The molecule has 40 heavy (non-hydrogen) atoms. The average Bonchev–Trinajstić information content (AvgIpc) is 3.61. The number of benzene rings is 2. The van der Waals surface area contributed by atoms with Crippen molar-refractivity contribution < 1.29 is 19.5 Å². The van der Waals surface area contributed by atoms with Crippen LogP contribution in [0.5, 0.6) is 0 Å². The summed E-state index contributed by atoms with van der Waals surface area (Å²) >= 11 is 1.67. The van der Waals surface area contributed by atoms with Crippen molar-refractivity contribution in [2.24, 2.45) is 11.8 Å². The van der Waals surface area contributed by atoms with Crippen LogP contribution in [-0.2, 0) is 20.9 Å². The second-order valence-electron chi connectivity index (χ2n) is 10.9. The van der Waals surface area contributed by atoms with E-state index in [0.29, 0.717) is 31.6 Å². The van der Waals surface area contributed by atoms with Crippen LogP contribution in [0.2, 0.25) is 0 Å². The Morgan fingerprint density at radius 1 is 1.05 bits per heavy atom. The Hall–Kier alpha value is -3.04. The van der Waals surface area contributed by atoms with E-state index in [1.165, 1.54) is 0 Å². The summed E-state index contributed by atoms with van der Waals surface area (Å²) in [6, 6.07) is 16.9. The topological polar surface area (TPSA) is 102 Å². The Kier molecular flexibility index (Phi) is 8.71. The number of carbonyl (C=O) groups is 3. The maximum absolute atomic E-state index is 14.0. The lowest BCUT2D eigenvalue weighted by Crippen LogP contribution is -2.51. The van der Waals surface area contributed by atoms with Crippen molar-refractivity contribution in [1.29, 1.82) is 0 Å². The van der Waals surface area contributed by atoms with Gasteiger partial charge in [0.05, 0.1) is 16.6 Å². The zero-order valence-corrected chi connectivity index (χ0v) is 24.2. The van der Waals surface area contributed by atoms with Crippen LogP contribution >= 0.6 is 11.8 Å². The van der Waals surface area contributed by atoms with Crippen LogP contribution in [0, 0.1) is 11.8 Å². The first kappa shape index (κ1) is 28.5. The van der Waals surface area contributed by atoms with Crippen LogP contribution < -0.4 is 15.5 Å². The summed E-state index contributed by atoms with van der Waals surface area (Å²) in [5.41, 5.74) is 2.80. The quantitative estimate of drug-likeness (QED) is 0.340. The second-order valence-corrected chi connectivity index (χ2v) is 12.5. The molecule has 0 saturated carbocycles. The summed E-state index contributed by atoms with van der Waals surface area (Å²) < 4.78 is -0.624. The third-order valence-corrected chi connectivity index (χ3v) is 10.7. The van der Waals surface area contributed by atoms with Gasteiger partial charge in [0.1, 0.15) is 6.04 Å². The summed E-state index contributed by atoms with van der Waals surface area (Å²) in [6.07, 6.45) is 2.70. The highest BCUT2D eigenvalue weighted by atomic mass is 32.2. The molecule has 3 saturated heterocycles. The van der Waals surface area contributed by atoms with Crippen LogP contribution in [0.1, 0.15) is 45.1 Å². The molecule has 2 bridgehead atoms. The number of anilines is 2. The average molecular weight is 565 g/mol. The molecule has 3 amide bonds. The molecule has 5 rings (SSSR count). The van der Waals surface area contributed by atoms with E-state index in [1.54, 1.807) is 16.7 Å². The number of amides is 3. The normalized spacial score (nSPS) is 26.6. The number of aliphatic hydroxyl groups excluding tert-OH is 1. The van der Waals surface area contributed by atoms with E-state index in [4.69, 9.17) is 0 Å². The second kappa shape index (κ2) is 12.2. The molecule has 8 nitrogen and oxygen atoms in total. The molecule has 3 N–H and O–H groups in total. The van der Waals surface area contributed by atoms with E-state index >= 15 is 0 Å². The molecule has 9 heteroatoms. The number of hydrogen-bond donors (Lipinski definition) is 3. The standard InChI is InChI=1S/C31H40N4O4S/c1-3-34(4-2)23-14-12-22(13-15-23)33-29(38)27-31-17-16-24(40-31)25(26(31)30(39)35(27)18-8-9-19-36)28(37)32-20-21-10-6-5-7-11-21/h5-7,10-15,24-27,36H,3-4,8-9,16-20H2,1-2H3,(H,32,37)(H,33,38)/t24-,25+,26-,27?,31?/m0/s1. The van der Waals surface area contributed by atoms with Crippen molar-refractivity contribution >= 4 is 40.9 Å². The van der Waals surface area contributed by atoms with Crippen LogP contribution in [0.15, 0.2) is 54.6 Å². The molecule has 2 aromatic carbocycles. The van der Waals surface area contributed by atoms with Crippen LogP contribution in [-0.4, -0.2) is 70.0 Å². The third kappa shape index (κ3) is 5.21. The number of nitrogens with one attached hydrogen (secondary N) is 2. The number of hydrogen-bond acceptors (Lipinski definition) is 6. The number of carbonyl (C=O) groups excluding carboxylic acids is 3. The number of nitrogens with zero attached hydrogens (tertiary/aromatic N) is 2. The van der Waals surface area contributed by atoms with E-state index in [2.05, 4.69) is 29.4 Å². The fourth-order valence-electron chi connectivity index (χ4n) is 6.85. The zero-order chi connectivity index (χ0) is 28.3. The Labute approximate surface area is 240 Å². The fraction of sp³-hybridized carbons (Fsp3) is 0.516. The molecule has 0 aromatic heterocycles. The zero-order valence-electron chi connectivity index (χ0n) is 23.3. The van der Waals surface area contributed by atoms with Gasteiger partial charge in [-0.1, -0.05) is 30.3 Å². The third-order valence-electron chi connectivity index (χ3n) is 8.73. The number of fused-ring (bicyclic) bond motifs is 1. The van der Waals surface area contributed by atoms with Gasteiger partial charge in [-0.2, -0.15) is 0 Å². The molecular weight excluding hydrogens is 524 g/mol. The SMILES string of the molecule is CCN(CC)c1ccc(NC(=O)C2N(CCCCO)C(=O)[C@@H]3[C@H](C(=O)NCc4ccccc4)[C@@H]4CCC23S4)cc1. The number of thioether (sulfide) groups is 1. The van der Waals surface area contributed by atoms with Crippen LogP contribution in [0.4, 0.5) is 11.4 Å². The number of aliphatic hydroxyl groups is 1. The lowest BCUT2D eigenvalue weighted by molar-refractivity contribution is -0.139. The first-order valence-electron chi connectivity index (χ1n) is 14.5. The number of rotatable bonds is 12. The molecular formula is C31H40N4O4S. The largest absolute Gasteiger partial charge is 0.396 e. The Morgan fingerprint density at radius 3 is 2.45 bits per heavy atom. The minimum absolute atomic E-state index is 0.0213. The van der Waals surface area contributed by atoms with Gasteiger partial charge >= 0.3 is 0 Å². The minimum Gasteiger partial charge on any atom is -0.396 e. The maximum atomic E-state index is 14.0. The summed E-state index contributed by atoms with van der Waals surface area (Å²) in [5, 5.41) is 15.5. The van der Waals surface area contributed by atoms with Crippen molar-refractivity contribution in [3.63, 3.8) is 0 Å². The minimum atomic E-state index is -0.659. The number of likely N-dealkylation sites (tertiary alicyclic amines) is 1. The lowest BCUT2D eigenvalue weighted by Gasteiger charge is -2.34. The summed E-state index contributed by atoms with van der Waals surface area (Å²) in [6.45, 7) is 6.86. The monoisotopic (exact) mass is 564 g/mol. The van der Waals surface area contributed by atoms with Gasteiger partial charge in [-0.25, -0.2) is 0 Å². The van der Waals surface area contributed by atoms with E-state index in [9.17, 15) is 19.5 Å².